The van der Waals surface area contributed by atoms with Gasteiger partial charge < -0.3 is 25.8 Å². The van der Waals surface area contributed by atoms with Crippen molar-refractivity contribution in [3.8, 4) is 0 Å². The fraction of sp³-hybridized carbons (Fsp3) is 0.556. The molecule has 2 rings (SSSR count). The number of ether oxygens (including phenoxy) is 1. The maximum atomic E-state index is 11.1. The number of aromatic nitrogens is 2. The predicted octanol–water partition coefficient (Wildman–Crippen LogP) is -2.41. The molecule has 1 aliphatic heterocycles. The van der Waals surface area contributed by atoms with E-state index in [0.717, 1.165) is 0 Å². The van der Waals surface area contributed by atoms with Gasteiger partial charge in [-0.1, -0.05) is 0 Å². The Labute approximate surface area is 96.3 Å². The van der Waals surface area contributed by atoms with Gasteiger partial charge in [0.2, 0.25) is 0 Å². The Hall–Kier alpha value is -1.48. The first-order valence-corrected chi connectivity index (χ1v) is 5.00. The van der Waals surface area contributed by atoms with E-state index in [1.807, 2.05) is 0 Å². The van der Waals surface area contributed by atoms with Gasteiger partial charge in [0.05, 0.1) is 19.1 Å². The molecule has 1 amide bonds. The summed E-state index contributed by atoms with van der Waals surface area (Å²) in [7, 11) is 0. The summed E-state index contributed by atoms with van der Waals surface area (Å²) in [5.41, 5.74) is 5.18. The topological polar surface area (TPSA) is 131 Å². The number of nitrogens with two attached hydrogens (primary N) is 1. The highest BCUT2D eigenvalue weighted by Gasteiger charge is 2.39. The van der Waals surface area contributed by atoms with Crippen molar-refractivity contribution < 1.29 is 24.9 Å². The number of imidazole rings is 1. The van der Waals surface area contributed by atoms with Crippen LogP contribution in [0.25, 0.3) is 0 Å². The number of aliphatic hydroxyl groups excluding tert-OH is 3. The van der Waals surface area contributed by atoms with Gasteiger partial charge in [0, 0.05) is 0 Å². The molecule has 1 saturated heterocycles. The van der Waals surface area contributed by atoms with E-state index in [9.17, 15) is 20.1 Å². The molecule has 2 heterocycles. The average molecular weight is 243 g/mol. The van der Waals surface area contributed by atoms with Crippen LogP contribution >= 0.6 is 0 Å². The van der Waals surface area contributed by atoms with E-state index in [0.29, 0.717) is 0 Å². The van der Waals surface area contributed by atoms with E-state index in [2.05, 4.69) is 4.98 Å². The van der Waals surface area contributed by atoms with E-state index in [4.69, 9.17) is 10.5 Å². The Balaban J connectivity index is 2.28. The summed E-state index contributed by atoms with van der Waals surface area (Å²) in [6, 6.07) is 0. The highest BCUT2D eigenvalue weighted by Crippen LogP contribution is 2.25. The molecule has 1 aromatic rings. The SMILES string of the molecule is NC(=O)c1cncn1[C@@H]1OC[C@@H](O)[C@@H](O)[C@H]1O. The molecule has 0 aromatic carbocycles. The van der Waals surface area contributed by atoms with Crippen LogP contribution in [0.3, 0.4) is 0 Å². The largest absolute Gasteiger partial charge is 0.388 e. The van der Waals surface area contributed by atoms with Crippen molar-refractivity contribution in [2.24, 2.45) is 5.73 Å². The molecule has 17 heavy (non-hydrogen) atoms. The summed E-state index contributed by atoms with van der Waals surface area (Å²) in [5.74, 6) is -0.723. The third kappa shape index (κ3) is 2.03. The molecule has 0 unspecified atom stereocenters. The zero-order valence-electron chi connectivity index (χ0n) is 8.80. The van der Waals surface area contributed by atoms with Crippen molar-refractivity contribution in [2.45, 2.75) is 24.5 Å². The van der Waals surface area contributed by atoms with Crippen LogP contribution < -0.4 is 5.73 Å². The zero-order valence-corrected chi connectivity index (χ0v) is 8.80. The van der Waals surface area contributed by atoms with Gasteiger partial charge >= 0.3 is 0 Å². The molecule has 0 aliphatic carbocycles. The van der Waals surface area contributed by atoms with Crippen molar-refractivity contribution in [3.63, 3.8) is 0 Å². The molecule has 0 spiro atoms. The number of hydrogen-bond donors (Lipinski definition) is 4. The highest BCUT2D eigenvalue weighted by atomic mass is 16.5. The van der Waals surface area contributed by atoms with Crippen LogP contribution in [0.15, 0.2) is 12.5 Å². The maximum absolute atomic E-state index is 11.1. The Kier molecular flexibility index (Phi) is 3.11. The standard InChI is InChI=1S/C9H13N3O5/c10-8(16)4-1-11-3-12(4)9-7(15)6(14)5(13)2-17-9/h1,3,5-7,9,13-15H,2H2,(H2,10,16)/t5-,6-,7-,9-/m1/s1. The molecular weight excluding hydrogens is 230 g/mol. The molecule has 8 heteroatoms. The Morgan fingerprint density at radius 3 is 2.82 bits per heavy atom. The van der Waals surface area contributed by atoms with Crippen LogP contribution in [0, 0.1) is 0 Å². The minimum absolute atomic E-state index is 0.0534. The number of aliphatic hydroxyl groups is 3. The van der Waals surface area contributed by atoms with Crippen molar-refractivity contribution in [3.05, 3.63) is 18.2 Å². The van der Waals surface area contributed by atoms with Crippen molar-refractivity contribution in [1.82, 2.24) is 9.55 Å². The van der Waals surface area contributed by atoms with Crippen LogP contribution in [0.5, 0.6) is 0 Å². The van der Waals surface area contributed by atoms with Gasteiger partial charge in [0.1, 0.15) is 24.0 Å². The summed E-state index contributed by atoms with van der Waals surface area (Å²) in [6.45, 7) is -0.153. The monoisotopic (exact) mass is 243 g/mol. The molecule has 94 valence electrons. The van der Waals surface area contributed by atoms with E-state index >= 15 is 0 Å². The third-order valence-electron chi connectivity index (χ3n) is 2.67. The van der Waals surface area contributed by atoms with Crippen LogP contribution in [-0.2, 0) is 4.74 Å². The lowest BCUT2D eigenvalue weighted by Crippen LogP contribution is -2.51. The first kappa shape index (κ1) is 12.0. The van der Waals surface area contributed by atoms with E-state index in [-0.39, 0.29) is 12.3 Å². The first-order chi connectivity index (χ1) is 8.02. The molecule has 8 nitrogen and oxygen atoms in total. The highest BCUT2D eigenvalue weighted by molar-refractivity contribution is 5.90. The van der Waals surface area contributed by atoms with Crippen LogP contribution in [-0.4, -0.2) is 55.7 Å². The Morgan fingerprint density at radius 1 is 1.47 bits per heavy atom. The fourth-order valence-electron chi connectivity index (χ4n) is 1.73. The lowest BCUT2D eigenvalue weighted by atomic mass is 10.0. The van der Waals surface area contributed by atoms with Crippen LogP contribution in [0.2, 0.25) is 0 Å². The molecule has 0 bridgehead atoms. The predicted molar refractivity (Wildman–Crippen MR) is 53.8 cm³/mol. The maximum Gasteiger partial charge on any atom is 0.267 e. The van der Waals surface area contributed by atoms with E-state index in [1.54, 1.807) is 0 Å². The summed E-state index contributed by atoms with van der Waals surface area (Å²) in [5, 5.41) is 28.6. The van der Waals surface area contributed by atoms with Gasteiger partial charge in [-0.3, -0.25) is 9.36 Å². The van der Waals surface area contributed by atoms with E-state index in [1.165, 1.54) is 17.1 Å². The first-order valence-electron chi connectivity index (χ1n) is 5.00. The third-order valence-corrected chi connectivity index (χ3v) is 2.67. The van der Waals surface area contributed by atoms with Crippen LogP contribution in [0.1, 0.15) is 16.7 Å². The second-order valence-corrected chi connectivity index (χ2v) is 3.82. The lowest BCUT2D eigenvalue weighted by Gasteiger charge is -2.36. The average Bonchev–Trinajstić information content (AvgIpc) is 2.75. The minimum atomic E-state index is -1.37. The number of carbonyl (C=O) groups is 1. The number of hydrogen-bond acceptors (Lipinski definition) is 6. The summed E-state index contributed by atoms with van der Waals surface area (Å²) < 4.78 is 6.39. The number of amides is 1. The summed E-state index contributed by atoms with van der Waals surface area (Å²) >= 11 is 0. The summed E-state index contributed by atoms with van der Waals surface area (Å²) in [6.07, 6.45) is -2.39. The van der Waals surface area contributed by atoms with Crippen molar-refractivity contribution in [1.29, 1.82) is 0 Å². The summed E-state index contributed by atoms with van der Waals surface area (Å²) in [4.78, 5) is 14.8. The molecule has 1 aliphatic rings. The van der Waals surface area contributed by atoms with Gasteiger partial charge in [-0.15, -0.1) is 0 Å². The molecule has 1 fully saturated rings. The molecule has 1 aromatic heterocycles. The number of primary amides is 1. The zero-order chi connectivity index (χ0) is 12.6. The fourth-order valence-corrected chi connectivity index (χ4v) is 1.73. The van der Waals surface area contributed by atoms with Crippen molar-refractivity contribution in [2.75, 3.05) is 6.61 Å². The number of nitrogens with zero attached hydrogens (tertiary/aromatic N) is 2. The number of carbonyl (C=O) groups excluding carboxylic acids is 1. The van der Waals surface area contributed by atoms with Crippen LogP contribution in [0.4, 0.5) is 0 Å². The molecule has 4 atom stereocenters. The smallest absolute Gasteiger partial charge is 0.267 e. The quantitative estimate of drug-likeness (QED) is 0.457. The van der Waals surface area contributed by atoms with Gasteiger partial charge in [0.25, 0.3) is 5.91 Å². The van der Waals surface area contributed by atoms with E-state index < -0.39 is 30.4 Å². The minimum Gasteiger partial charge on any atom is -0.388 e. The molecular formula is C9H13N3O5. The van der Waals surface area contributed by atoms with Crippen molar-refractivity contribution >= 4 is 5.91 Å². The van der Waals surface area contributed by atoms with Gasteiger partial charge in [0.15, 0.2) is 6.23 Å². The Bertz CT molecular complexity index is 421. The van der Waals surface area contributed by atoms with Gasteiger partial charge in [-0.25, -0.2) is 4.98 Å². The van der Waals surface area contributed by atoms with Gasteiger partial charge in [-0.2, -0.15) is 0 Å². The normalized spacial score (nSPS) is 33.6. The Morgan fingerprint density at radius 2 is 2.18 bits per heavy atom. The lowest BCUT2D eigenvalue weighted by molar-refractivity contribution is -0.211. The second kappa shape index (κ2) is 4.41. The van der Waals surface area contributed by atoms with Gasteiger partial charge in [-0.05, 0) is 0 Å². The number of rotatable bonds is 2. The molecule has 5 N–H and O–H groups in total. The molecule has 0 saturated carbocycles. The second-order valence-electron chi connectivity index (χ2n) is 3.82. The molecule has 0 radical (unpaired) electrons.